The summed E-state index contributed by atoms with van der Waals surface area (Å²) in [5.74, 6) is 0. The van der Waals surface area contributed by atoms with Crippen LogP contribution >= 0.6 is 27.5 Å². The van der Waals surface area contributed by atoms with Gasteiger partial charge in [0.15, 0.2) is 15.9 Å². The molecule has 4 rings (SSSR count). The lowest BCUT2D eigenvalue weighted by Crippen LogP contribution is -2.40. The lowest BCUT2D eigenvalue weighted by atomic mass is 10.2. The van der Waals surface area contributed by atoms with Crippen LogP contribution in [0.2, 0.25) is 5.02 Å². The predicted octanol–water partition coefficient (Wildman–Crippen LogP) is 3.64. The molecule has 0 amide bonds. The fraction of sp³-hybridized carbons (Fsp3) is 0.333. The van der Waals surface area contributed by atoms with Crippen molar-refractivity contribution < 1.29 is 9.53 Å². The van der Waals surface area contributed by atoms with E-state index in [1.54, 1.807) is 56.7 Å². The number of rotatable bonds is 2. The highest BCUT2D eigenvalue weighted by Gasteiger charge is 2.27. The van der Waals surface area contributed by atoms with Gasteiger partial charge in [-0.3, -0.25) is 13.9 Å². The van der Waals surface area contributed by atoms with Crippen LogP contribution in [-0.2, 0) is 25.4 Å². The molecule has 0 N–H and O–H groups in total. The summed E-state index contributed by atoms with van der Waals surface area (Å²) in [6.45, 7) is 5.04. The maximum Gasteiger partial charge on any atom is 0.419 e. The number of halogens is 2. The van der Waals surface area contributed by atoms with Crippen LogP contribution in [0, 0.1) is 0 Å². The number of aromatic nitrogens is 5. The van der Waals surface area contributed by atoms with Crippen LogP contribution in [0.3, 0.4) is 0 Å². The van der Waals surface area contributed by atoms with Crippen LogP contribution in [0.15, 0.2) is 38.6 Å². The Morgan fingerprint density at radius 3 is 2.47 bits per heavy atom. The van der Waals surface area contributed by atoms with Crippen molar-refractivity contribution in [3.05, 3.63) is 60.6 Å². The Hall–Kier alpha value is -2.85. The Balaban J connectivity index is 1.99. The number of para-hydroxylation sites is 1. The van der Waals surface area contributed by atoms with Gasteiger partial charge in [-0.2, -0.15) is 0 Å². The molecule has 0 fully saturated rings. The maximum absolute atomic E-state index is 13.3. The maximum atomic E-state index is 13.3. The second kappa shape index (κ2) is 7.63. The molecule has 3 heterocycles. The molecule has 0 saturated carbocycles. The number of hydrogen-bond donors (Lipinski definition) is 0. The summed E-state index contributed by atoms with van der Waals surface area (Å²) < 4.78 is 11.2. The molecule has 0 aliphatic carbocycles. The molecule has 1 aromatic carbocycles. The van der Waals surface area contributed by atoms with E-state index in [1.165, 1.54) is 16.2 Å². The smallest absolute Gasteiger partial charge is 0.419 e. The van der Waals surface area contributed by atoms with Crippen molar-refractivity contribution in [3.63, 3.8) is 0 Å². The molecule has 4 aromatic rings. The molecule has 32 heavy (non-hydrogen) atoms. The molecular weight excluding hydrogens is 502 g/mol. The normalized spacial score (nSPS) is 12.1. The first-order chi connectivity index (χ1) is 14.9. The number of carbonyl (C=O) groups excluding carboxylic acids is 1. The van der Waals surface area contributed by atoms with E-state index in [2.05, 4.69) is 20.9 Å². The zero-order valence-corrected chi connectivity index (χ0v) is 20.5. The van der Waals surface area contributed by atoms with Crippen molar-refractivity contribution >= 4 is 55.7 Å². The van der Waals surface area contributed by atoms with Gasteiger partial charge in [-0.15, -0.1) is 0 Å². The Kier molecular flexibility index (Phi) is 5.33. The van der Waals surface area contributed by atoms with Crippen LogP contribution in [0.5, 0.6) is 0 Å². The first kappa shape index (κ1) is 22.3. The standard InChI is InChI=1S/C21H21BrClN5O4/c1-21(2,3)32-20(31)28-12-9-7-6-8-11(12)14(23)13(28)10-27-17(29)15-16(26(5)19(27)30)24-18(22)25(15)4/h6-9H,10H2,1-5H3. The Bertz CT molecular complexity index is 1520. The highest BCUT2D eigenvalue weighted by Crippen LogP contribution is 2.32. The summed E-state index contributed by atoms with van der Waals surface area (Å²) in [7, 11) is 3.20. The van der Waals surface area contributed by atoms with Crippen LogP contribution in [0.25, 0.3) is 22.1 Å². The van der Waals surface area contributed by atoms with E-state index in [-0.39, 0.29) is 28.4 Å². The molecule has 0 aliphatic rings. The lowest BCUT2D eigenvalue weighted by Gasteiger charge is -2.21. The molecule has 168 valence electrons. The van der Waals surface area contributed by atoms with E-state index in [4.69, 9.17) is 16.3 Å². The molecule has 0 radical (unpaired) electrons. The van der Waals surface area contributed by atoms with Gasteiger partial charge in [0, 0.05) is 19.5 Å². The van der Waals surface area contributed by atoms with Gasteiger partial charge in [-0.05, 0) is 42.8 Å². The van der Waals surface area contributed by atoms with Crippen molar-refractivity contribution in [1.82, 2.24) is 23.3 Å². The van der Waals surface area contributed by atoms with Gasteiger partial charge < -0.3 is 9.30 Å². The number of ether oxygens (including phenoxy) is 1. The van der Waals surface area contributed by atoms with Crippen molar-refractivity contribution in [2.24, 2.45) is 14.1 Å². The van der Waals surface area contributed by atoms with E-state index < -0.39 is 22.9 Å². The Morgan fingerprint density at radius 1 is 1.16 bits per heavy atom. The molecule has 0 saturated heterocycles. The topological polar surface area (TPSA) is 93.1 Å². The van der Waals surface area contributed by atoms with Gasteiger partial charge in [0.25, 0.3) is 5.56 Å². The quantitative estimate of drug-likeness (QED) is 0.375. The highest BCUT2D eigenvalue weighted by atomic mass is 79.9. The molecule has 0 atom stereocenters. The minimum absolute atomic E-state index is 0.225. The SMILES string of the molecule is Cn1c(Br)nc2c1c(=O)n(Cc1c(Cl)c3ccccc3n1C(=O)OC(C)(C)C)c(=O)n2C. The monoisotopic (exact) mass is 521 g/mol. The molecule has 9 nitrogen and oxygen atoms in total. The van der Waals surface area contributed by atoms with Crippen molar-refractivity contribution in [3.8, 4) is 0 Å². The molecule has 0 aliphatic heterocycles. The average molecular weight is 523 g/mol. The van der Waals surface area contributed by atoms with Crippen molar-refractivity contribution in [1.29, 1.82) is 0 Å². The first-order valence-corrected chi connectivity index (χ1v) is 10.9. The number of imidazole rings is 1. The molecule has 0 unspecified atom stereocenters. The fourth-order valence-electron chi connectivity index (χ4n) is 3.62. The summed E-state index contributed by atoms with van der Waals surface area (Å²) in [5, 5.41) is 0.885. The number of hydrogen-bond acceptors (Lipinski definition) is 5. The van der Waals surface area contributed by atoms with Gasteiger partial charge in [0.2, 0.25) is 0 Å². The van der Waals surface area contributed by atoms with E-state index in [0.29, 0.717) is 15.6 Å². The number of benzene rings is 1. The van der Waals surface area contributed by atoms with E-state index >= 15 is 0 Å². The van der Waals surface area contributed by atoms with Gasteiger partial charge in [-0.1, -0.05) is 29.8 Å². The van der Waals surface area contributed by atoms with Crippen molar-refractivity contribution in [2.75, 3.05) is 0 Å². The summed E-state index contributed by atoms with van der Waals surface area (Å²) in [5.41, 5.74) is -0.567. The van der Waals surface area contributed by atoms with E-state index in [1.807, 2.05) is 0 Å². The number of fused-ring (bicyclic) bond motifs is 2. The van der Waals surface area contributed by atoms with Crippen LogP contribution in [0.4, 0.5) is 4.79 Å². The summed E-state index contributed by atoms with van der Waals surface area (Å²) in [6.07, 6.45) is -0.648. The minimum atomic E-state index is -0.751. The van der Waals surface area contributed by atoms with Gasteiger partial charge in [-0.25, -0.2) is 19.1 Å². The third-order valence-electron chi connectivity index (χ3n) is 5.09. The van der Waals surface area contributed by atoms with Gasteiger partial charge in [0.1, 0.15) is 5.60 Å². The Labute approximate surface area is 195 Å². The number of carbonyl (C=O) groups is 1. The van der Waals surface area contributed by atoms with Crippen LogP contribution in [0.1, 0.15) is 26.5 Å². The summed E-state index contributed by atoms with van der Waals surface area (Å²) >= 11 is 9.94. The largest absolute Gasteiger partial charge is 0.443 e. The van der Waals surface area contributed by atoms with Gasteiger partial charge in [0.05, 0.1) is 22.8 Å². The second-order valence-corrected chi connectivity index (χ2v) is 9.53. The second-order valence-electron chi connectivity index (χ2n) is 8.44. The van der Waals surface area contributed by atoms with Crippen molar-refractivity contribution in [2.45, 2.75) is 32.9 Å². The molecule has 0 spiro atoms. The molecule has 11 heteroatoms. The van der Waals surface area contributed by atoms with Crippen LogP contribution in [-0.4, -0.2) is 34.9 Å². The first-order valence-electron chi connectivity index (χ1n) is 9.75. The fourth-order valence-corrected chi connectivity index (χ4v) is 4.26. The third kappa shape index (κ3) is 3.47. The minimum Gasteiger partial charge on any atom is -0.443 e. The Morgan fingerprint density at radius 2 is 1.81 bits per heavy atom. The van der Waals surface area contributed by atoms with Gasteiger partial charge >= 0.3 is 11.8 Å². The number of aryl methyl sites for hydroxylation is 2. The molecule has 0 bridgehead atoms. The van der Waals surface area contributed by atoms with Crippen LogP contribution < -0.4 is 11.2 Å². The summed E-state index contributed by atoms with van der Waals surface area (Å²) in [6, 6.07) is 7.07. The lowest BCUT2D eigenvalue weighted by molar-refractivity contribution is 0.0540. The third-order valence-corrected chi connectivity index (χ3v) is 6.23. The predicted molar refractivity (Wildman–Crippen MR) is 126 cm³/mol. The molecule has 3 aromatic heterocycles. The van der Waals surface area contributed by atoms with E-state index in [0.717, 1.165) is 4.57 Å². The average Bonchev–Trinajstić information content (AvgIpc) is 3.16. The zero-order valence-electron chi connectivity index (χ0n) is 18.1. The highest BCUT2D eigenvalue weighted by molar-refractivity contribution is 9.10. The molecular formula is C21H21BrClN5O4. The summed E-state index contributed by atoms with van der Waals surface area (Å²) in [4.78, 5) is 43.7. The number of nitrogens with zero attached hydrogens (tertiary/aromatic N) is 5. The van der Waals surface area contributed by atoms with E-state index in [9.17, 15) is 14.4 Å². The zero-order chi connectivity index (χ0) is 23.5.